The SMILES string of the molecule is Cc1cc(Nc2ccc3c(O)cc(S(=O)(=O)O)cc3c2)ccc1S(=O)(=O)NC(=O)NS(=O)(=O)c1ccc(Nc2ccc3c(O)cc(S(=O)(=O)O)cc3c2)cc1C. The van der Waals surface area contributed by atoms with Gasteiger partial charge in [-0.15, -0.1) is 0 Å². The number of benzene rings is 6. The Labute approximate surface area is 320 Å². The number of carbonyl (C=O) groups is 1. The van der Waals surface area contributed by atoms with E-state index in [-0.39, 0.29) is 43.2 Å². The van der Waals surface area contributed by atoms with Crippen LogP contribution in [0.5, 0.6) is 11.5 Å². The molecule has 0 radical (unpaired) electrons. The fraction of sp³-hybridized carbons (Fsp3) is 0.0571. The first-order valence-electron chi connectivity index (χ1n) is 15.8. The minimum absolute atomic E-state index is 0.159. The molecule has 0 saturated heterocycles. The number of hydrogen-bond acceptors (Lipinski definition) is 13. The van der Waals surface area contributed by atoms with Gasteiger partial charge in [0.05, 0.1) is 19.6 Å². The van der Waals surface area contributed by atoms with Gasteiger partial charge in [0.1, 0.15) is 11.5 Å². The number of sulfonamides is 2. The van der Waals surface area contributed by atoms with Crippen LogP contribution in [0.15, 0.2) is 117 Å². The number of rotatable bonds is 10. The number of anilines is 4. The Bertz CT molecular complexity index is 2880. The van der Waals surface area contributed by atoms with Gasteiger partial charge < -0.3 is 20.8 Å². The number of urea groups is 1. The Balaban J connectivity index is 1.13. The Kier molecular flexibility index (Phi) is 10.1. The van der Waals surface area contributed by atoms with E-state index in [1.807, 2.05) is 0 Å². The van der Waals surface area contributed by atoms with Crippen molar-refractivity contribution >= 4 is 90.6 Å². The van der Waals surface area contributed by atoms with Crippen LogP contribution >= 0.6 is 0 Å². The number of carbonyl (C=O) groups excluding carboxylic acids is 1. The highest BCUT2D eigenvalue weighted by Gasteiger charge is 2.26. The van der Waals surface area contributed by atoms with Crippen molar-refractivity contribution < 1.29 is 57.8 Å². The van der Waals surface area contributed by atoms with Gasteiger partial charge in [-0.25, -0.2) is 31.1 Å². The first-order chi connectivity index (χ1) is 26.0. The quantitative estimate of drug-likeness (QED) is 0.0804. The highest BCUT2D eigenvalue weighted by molar-refractivity contribution is 7.91. The van der Waals surface area contributed by atoms with Crippen molar-refractivity contribution in [3.8, 4) is 11.5 Å². The van der Waals surface area contributed by atoms with Crippen molar-refractivity contribution in [1.82, 2.24) is 9.44 Å². The molecule has 292 valence electrons. The highest BCUT2D eigenvalue weighted by Crippen LogP contribution is 2.34. The summed E-state index contributed by atoms with van der Waals surface area (Å²) in [5.74, 6) is -0.745. The summed E-state index contributed by atoms with van der Waals surface area (Å²) in [5, 5.41) is 27.6. The van der Waals surface area contributed by atoms with Crippen LogP contribution < -0.4 is 20.1 Å². The Morgan fingerprint density at radius 3 is 1.16 bits per heavy atom. The summed E-state index contributed by atoms with van der Waals surface area (Å²) >= 11 is 0. The molecule has 0 aliphatic carbocycles. The minimum Gasteiger partial charge on any atom is -0.507 e. The largest absolute Gasteiger partial charge is 0.507 e. The summed E-state index contributed by atoms with van der Waals surface area (Å²) in [7, 11) is -18.4. The van der Waals surface area contributed by atoms with Gasteiger partial charge in [-0.1, -0.05) is 0 Å². The van der Waals surface area contributed by atoms with Crippen LogP contribution in [0.25, 0.3) is 21.5 Å². The molecule has 0 fully saturated rings. The van der Waals surface area contributed by atoms with Crippen LogP contribution in [-0.2, 0) is 40.3 Å². The molecule has 8 N–H and O–H groups in total. The monoisotopic (exact) mass is 842 g/mol. The Morgan fingerprint density at radius 1 is 0.482 bits per heavy atom. The van der Waals surface area contributed by atoms with Crippen molar-refractivity contribution in [3.05, 3.63) is 108 Å². The molecule has 56 heavy (non-hydrogen) atoms. The zero-order chi connectivity index (χ0) is 41.0. The van der Waals surface area contributed by atoms with Gasteiger partial charge in [0.25, 0.3) is 40.3 Å². The van der Waals surface area contributed by atoms with Crippen molar-refractivity contribution in [3.63, 3.8) is 0 Å². The molecule has 0 aromatic heterocycles. The van der Waals surface area contributed by atoms with Gasteiger partial charge >= 0.3 is 6.03 Å². The van der Waals surface area contributed by atoms with E-state index in [2.05, 4.69) is 10.6 Å². The van der Waals surface area contributed by atoms with Gasteiger partial charge in [-0.3, -0.25) is 9.11 Å². The topological polar surface area (TPSA) is 283 Å². The van der Waals surface area contributed by atoms with Gasteiger partial charge in [-0.2, -0.15) is 16.8 Å². The normalized spacial score (nSPS) is 12.4. The summed E-state index contributed by atoms with van der Waals surface area (Å²) in [6.45, 7) is 2.87. The van der Waals surface area contributed by atoms with Gasteiger partial charge in [-0.05, 0) is 121 Å². The Morgan fingerprint density at radius 2 is 0.821 bits per heavy atom. The fourth-order valence-electron chi connectivity index (χ4n) is 5.86. The van der Waals surface area contributed by atoms with Crippen molar-refractivity contribution in [2.45, 2.75) is 33.4 Å². The number of aromatic hydroxyl groups is 2. The standard InChI is InChI=1S/C35H30N4O13S4/c1-19-11-23(36-25-3-7-29-21(13-25)15-27(17-31(29)40)55(47,48)49)5-9-33(19)53(43,44)38-35(42)39-54(45,46)34-10-6-24(12-20(34)2)37-26-4-8-30-22(14-26)16-28(18-32(30)41)56(50,51)52/h3-18,36-37,40-41H,1-2H3,(H2,38,39,42)(H,47,48,49)(H,50,51,52). The van der Waals surface area contributed by atoms with Crippen LogP contribution in [0.2, 0.25) is 0 Å². The summed E-state index contributed by atoms with van der Waals surface area (Å²) in [6, 6.07) is 19.7. The van der Waals surface area contributed by atoms with E-state index in [9.17, 15) is 57.8 Å². The van der Waals surface area contributed by atoms with E-state index in [0.717, 1.165) is 24.3 Å². The zero-order valence-corrected chi connectivity index (χ0v) is 32.1. The van der Waals surface area contributed by atoms with Crippen LogP contribution in [0.1, 0.15) is 11.1 Å². The molecule has 0 spiro atoms. The molecule has 0 bridgehead atoms. The smallest absolute Gasteiger partial charge is 0.342 e. The first kappa shape index (κ1) is 39.7. The van der Waals surface area contributed by atoms with Crippen LogP contribution in [-0.4, -0.2) is 59.0 Å². The minimum atomic E-state index is -4.60. The zero-order valence-electron chi connectivity index (χ0n) is 28.8. The summed E-state index contributed by atoms with van der Waals surface area (Å²) in [4.78, 5) is 11.0. The van der Waals surface area contributed by atoms with E-state index >= 15 is 0 Å². The maximum atomic E-state index is 13.2. The molecule has 17 nitrogen and oxygen atoms in total. The van der Waals surface area contributed by atoms with E-state index in [1.165, 1.54) is 74.5 Å². The van der Waals surface area contributed by atoms with Gasteiger partial charge in [0.2, 0.25) is 0 Å². The summed E-state index contributed by atoms with van der Waals surface area (Å²) < 4.78 is 121. The molecule has 0 heterocycles. The molecule has 0 saturated carbocycles. The van der Waals surface area contributed by atoms with Gasteiger partial charge in [0.15, 0.2) is 0 Å². The number of amides is 2. The lowest BCUT2D eigenvalue weighted by atomic mass is 10.1. The molecular formula is C35H30N4O13S4. The second-order valence-electron chi connectivity index (χ2n) is 12.5. The lowest BCUT2D eigenvalue weighted by Crippen LogP contribution is -2.42. The first-order valence-corrected chi connectivity index (χ1v) is 21.7. The van der Waals surface area contributed by atoms with Crippen molar-refractivity contribution in [2.24, 2.45) is 0 Å². The molecule has 6 aromatic rings. The van der Waals surface area contributed by atoms with Crippen LogP contribution in [0, 0.1) is 13.8 Å². The average molecular weight is 843 g/mol. The highest BCUT2D eigenvalue weighted by atomic mass is 32.2. The molecule has 0 unspecified atom stereocenters. The van der Waals surface area contributed by atoms with Crippen molar-refractivity contribution in [2.75, 3.05) is 10.6 Å². The van der Waals surface area contributed by atoms with E-state index in [1.54, 1.807) is 21.6 Å². The molecule has 0 atom stereocenters. The number of nitrogens with one attached hydrogen (secondary N) is 4. The number of fused-ring (bicyclic) bond motifs is 2. The second-order valence-corrected chi connectivity index (χ2v) is 18.6. The maximum absolute atomic E-state index is 13.2. The molecule has 0 aliphatic rings. The Hall–Kier alpha value is -5.97. The predicted molar refractivity (Wildman–Crippen MR) is 206 cm³/mol. The van der Waals surface area contributed by atoms with Crippen LogP contribution in [0.3, 0.4) is 0 Å². The third-order valence-electron chi connectivity index (χ3n) is 8.36. The maximum Gasteiger partial charge on any atom is 0.342 e. The lowest BCUT2D eigenvalue weighted by Gasteiger charge is -2.15. The fourth-order valence-corrected chi connectivity index (χ4v) is 9.27. The predicted octanol–water partition coefficient (Wildman–Crippen LogP) is 5.38. The molecule has 2 amide bonds. The van der Waals surface area contributed by atoms with Crippen LogP contribution in [0.4, 0.5) is 27.5 Å². The summed E-state index contributed by atoms with van der Waals surface area (Å²) in [6.07, 6.45) is 0. The third kappa shape index (κ3) is 8.46. The lowest BCUT2D eigenvalue weighted by molar-refractivity contribution is 0.250. The number of phenolic OH excluding ortho intramolecular Hbond substituents is 2. The number of hydrogen-bond donors (Lipinski definition) is 8. The number of phenols is 2. The van der Waals surface area contributed by atoms with E-state index in [4.69, 9.17) is 0 Å². The second kappa shape index (κ2) is 14.3. The molecule has 6 rings (SSSR count). The van der Waals surface area contributed by atoms with Crippen molar-refractivity contribution in [1.29, 1.82) is 0 Å². The molecule has 0 aliphatic heterocycles. The third-order valence-corrected chi connectivity index (χ3v) is 13.0. The molecular weight excluding hydrogens is 813 g/mol. The van der Waals surface area contributed by atoms with Gasteiger partial charge in [0, 0.05) is 45.7 Å². The molecule has 21 heteroatoms. The van der Waals surface area contributed by atoms with E-state index in [0.29, 0.717) is 33.5 Å². The average Bonchev–Trinajstić information content (AvgIpc) is 3.06. The van der Waals surface area contributed by atoms with E-state index < -0.39 is 56.1 Å². The molecule has 6 aromatic carbocycles. The summed E-state index contributed by atoms with van der Waals surface area (Å²) in [5.41, 5.74) is 1.89. The number of aryl methyl sites for hydroxylation is 2.